The van der Waals surface area contributed by atoms with Crippen LogP contribution in [0.15, 0.2) is 11.1 Å². The van der Waals surface area contributed by atoms with Gasteiger partial charge in [-0.05, 0) is 18.8 Å². The molecule has 0 bridgehead atoms. The molecule has 0 heterocycles. The van der Waals surface area contributed by atoms with Gasteiger partial charge in [-0.2, -0.15) is 0 Å². The van der Waals surface area contributed by atoms with Crippen LogP contribution < -0.4 is 0 Å². The van der Waals surface area contributed by atoms with Crippen molar-refractivity contribution in [1.82, 2.24) is 0 Å². The number of rotatable bonds is 5. The third-order valence-corrected chi connectivity index (χ3v) is 3.95. The molecule has 0 spiro atoms. The van der Waals surface area contributed by atoms with Gasteiger partial charge in [-0.15, -0.1) is 0 Å². The van der Waals surface area contributed by atoms with Gasteiger partial charge in [0.25, 0.3) is 0 Å². The van der Waals surface area contributed by atoms with Crippen LogP contribution in [0.1, 0.15) is 19.3 Å². The number of fused-ring (bicyclic) bond motifs is 1. The van der Waals surface area contributed by atoms with Crippen LogP contribution >= 0.6 is 0 Å². The predicted octanol–water partition coefficient (Wildman–Crippen LogP) is 0.937. The van der Waals surface area contributed by atoms with Gasteiger partial charge in [0.1, 0.15) is 0 Å². The van der Waals surface area contributed by atoms with Crippen molar-refractivity contribution in [2.75, 3.05) is 34.0 Å². The number of aliphatic hydroxyl groups is 1. The number of methoxy groups -OCH3 is 2. The molecular formula is C13H20O4. The topological polar surface area (TPSA) is 55.8 Å². The zero-order valence-corrected chi connectivity index (χ0v) is 10.5. The fourth-order valence-electron chi connectivity index (χ4n) is 3.40. The van der Waals surface area contributed by atoms with Crippen molar-refractivity contribution in [3.8, 4) is 0 Å². The highest BCUT2D eigenvalue weighted by Crippen LogP contribution is 2.51. The summed E-state index contributed by atoms with van der Waals surface area (Å²) in [5.41, 5.74) is 1.78. The van der Waals surface area contributed by atoms with Crippen LogP contribution in [-0.4, -0.2) is 44.9 Å². The van der Waals surface area contributed by atoms with Crippen molar-refractivity contribution in [2.45, 2.75) is 19.3 Å². The maximum Gasteiger partial charge on any atom is 0.161 e. The van der Waals surface area contributed by atoms with Gasteiger partial charge >= 0.3 is 0 Å². The first-order valence-electron chi connectivity index (χ1n) is 5.99. The molecule has 1 fully saturated rings. The number of hydrogen-bond donors (Lipinski definition) is 1. The van der Waals surface area contributed by atoms with Crippen LogP contribution in [0.4, 0.5) is 0 Å². The monoisotopic (exact) mass is 240 g/mol. The number of hydrogen-bond acceptors (Lipinski definition) is 4. The van der Waals surface area contributed by atoms with Gasteiger partial charge < -0.3 is 14.6 Å². The second-order valence-electron chi connectivity index (χ2n) is 5.23. The SMILES string of the molecule is COCC1(COC)CC2=C(CO)C(=O)C[C@H]2C1. The van der Waals surface area contributed by atoms with E-state index in [9.17, 15) is 9.90 Å². The van der Waals surface area contributed by atoms with Crippen LogP contribution in [0.2, 0.25) is 0 Å². The summed E-state index contributed by atoms with van der Waals surface area (Å²) in [6, 6.07) is 0. The van der Waals surface area contributed by atoms with Crippen molar-refractivity contribution in [2.24, 2.45) is 11.3 Å². The minimum Gasteiger partial charge on any atom is -0.392 e. The van der Waals surface area contributed by atoms with Gasteiger partial charge in [-0.25, -0.2) is 0 Å². The van der Waals surface area contributed by atoms with E-state index in [1.165, 1.54) is 0 Å². The van der Waals surface area contributed by atoms with Gasteiger partial charge in [0.05, 0.1) is 19.8 Å². The molecule has 2 aliphatic carbocycles. The average molecular weight is 240 g/mol. The minimum absolute atomic E-state index is 0.00931. The Bertz CT molecular complexity index is 339. The van der Waals surface area contributed by atoms with Crippen molar-refractivity contribution in [3.63, 3.8) is 0 Å². The van der Waals surface area contributed by atoms with Gasteiger partial charge in [-0.1, -0.05) is 5.57 Å². The minimum atomic E-state index is -0.124. The Labute approximate surface area is 102 Å². The first kappa shape index (κ1) is 12.7. The number of carbonyl (C=O) groups excluding carboxylic acids is 1. The quantitative estimate of drug-likeness (QED) is 0.777. The highest BCUT2D eigenvalue weighted by molar-refractivity contribution is 5.99. The molecular weight excluding hydrogens is 220 g/mol. The molecule has 0 aromatic carbocycles. The first-order valence-corrected chi connectivity index (χ1v) is 5.99. The molecule has 0 aromatic heterocycles. The fourth-order valence-corrected chi connectivity index (χ4v) is 3.40. The van der Waals surface area contributed by atoms with Crippen LogP contribution in [0, 0.1) is 11.3 Å². The van der Waals surface area contributed by atoms with E-state index in [0.717, 1.165) is 18.4 Å². The second-order valence-corrected chi connectivity index (χ2v) is 5.23. The van der Waals surface area contributed by atoms with E-state index in [4.69, 9.17) is 9.47 Å². The molecule has 0 amide bonds. The lowest BCUT2D eigenvalue weighted by Crippen LogP contribution is -2.29. The summed E-state index contributed by atoms with van der Waals surface area (Å²) in [6.07, 6.45) is 2.31. The summed E-state index contributed by atoms with van der Waals surface area (Å²) >= 11 is 0. The average Bonchev–Trinajstić information content (AvgIpc) is 2.72. The van der Waals surface area contributed by atoms with Gasteiger partial charge in [0.15, 0.2) is 5.78 Å². The Balaban J connectivity index is 2.22. The summed E-state index contributed by atoms with van der Waals surface area (Å²) in [6.45, 7) is 1.17. The maximum absolute atomic E-state index is 11.7. The van der Waals surface area contributed by atoms with E-state index >= 15 is 0 Å². The summed E-state index contributed by atoms with van der Waals surface area (Å²) in [5.74, 6) is 0.422. The van der Waals surface area contributed by atoms with Crippen LogP contribution in [0.5, 0.6) is 0 Å². The van der Waals surface area contributed by atoms with E-state index in [1.54, 1.807) is 14.2 Å². The van der Waals surface area contributed by atoms with Gasteiger partial charge in [0.2, 0.25) is 0 Å². The smallest absolute Gasteiger partial charge is 0.161 e. The third kappa shape index (κ3) is 2.17. The highest BCUT2D eigenvalue weighted by Gasteiger charge is 2.47. The number of carbonyl (C=O) groups is 1. The summed E-state index contributed by atoms with van der Waals surface area (Å²) in [4.78, 5) is 11.7. The Kier molecular flexibility index (Phi) is 3.66. The summed E-state index contributed by atoms with van der Waals surface area (Å²) < 4.78 is 10.6. The predicted molar refractivity (Wildman–Crippen MR) is 62.6 cm³/mol. The molecule has 0 radical (unpaired) electrons. The lowest BCUT2D eigenvalue weighted by Gasteiger charge is -2.27. The third-order valence-electron chi connectivity index (χ3n) is 3.95. The van der Waals surface area contributed by atoms with Crippen LogP contribution in [-0.2, 0) is 14.3 Å². The number of Topliss-reactive ketones (excluding diaryl/α,β-unsaturated/α-hetero) is 1. The molecule has 4 heteroatoms. The van der Waals surface area contributed by atoms with E-state index < -0.39 is 0 Å². The first-order chi connectivity index (χ1) is 8.15. The van der Waals surface area contributed by atoms with Crippen molar-refractivity contribution < 1.29 is 19.4 Å². The molecule has 2 aliphatic rings. The fraction of sp³-hybridized carbons (Fsp3) is 0.769. The second kappa shape index (κ2) is 4.88. The maximum atomic E-state index is 11.7. The highest BCUT2D eigenvalue weighted by atomic mass is 16.5. The zero-order chi connectivity index (χ0) is 12.5. The van der Waals surface area contributed by atoms with E-state index in [1.807, 2.05) is 0 Å². The lowest BCUT2D eigenvalue weighted by molar-refractivity contribution is -0.116. The normalized spacial score (nSPS) is 26.8. The van der Waals surface area contributed by atoms with E-state index in [-0.39, 0.29) is 17.8 Å². The van der Waals surface area contributed by atoms with Crippen molar-refractivity contribution >= 4 is 5.78 Å². The van der Waals surface area contributed by atoms with Crippen LogP contribution in [0.3, 0.4) is 0 Å². The molecule has 17 heavy (non-hydrogen) atoms. The van der Waals surface area contributed by atoms with E-state index in [0.29, 0.717) is 31.1 Å². The Morgan fingerprint density at radius 3 is 2.53 bits per heavy atom. The molecule has 2 rings (SSSR count). The molecule has 4 nitrogen and oxygen atoms in total. The van der Waals surface area contributed by atoms with Crippen molar-refractivity contribution in [1.29, 1.82) is 0 Å². The number of aliphatic hydroxyl groups excluding tert-OH is 1. The molecule has 0 saturated heterocycles. The number of allylic oxidation sites excluding steroid dienone is 1. The molecule has 1 atom stereocenters. The van der Waals surface area contributed by atoms with E-state index in [2.05, 4.69) is 0 Å². The number of ether oxygens (including phenoxy) is 2. The molecule has 96 valence electrons. The largest absolute Gasteiger partial charge is 0.392 e. The van der Waals surface area contributed by atoms with Crippen molar-refractivity contribution in [3.05, 3.63) is 11.1 Å². The standard InChI is InChI=1S/C13H20O4/c1-16-7-13(8-17-2)4-9-3-12(15)11(6-14)10(9)5-13/h9,14H,3-8H2,1-2H3/t9-/m0/s1. The van der Waals surface area contributed by atoms with Gasteiger partial charge in [-0.3, -0.25) is 4.79 Å². The zero-order valence-electron chi connectivity index (χ0n) is 10.5. The molecule has 0 unspecified atom stereocenters. The molecule has 0 aromatic rings. The Morgan fingerprint density at radius 2 is 2.00 bits per heavy atom. The molecule has 1 N–H and O–H groups in total. The van der Waals surface area contributed by atoms with Crippen LogP contribution in [0.25, 0.3) is 0 Å². The molecule has 1 saturated carbocycles. The Morgan fingerprint density at radius 1 is 1.35 bits per heavy atom. The number of ketones is 1. The lowest BCUT2D eigenvalue weighted by atomic mass is 9.85. The Hall–Kier alpha value is -0.710. The van der Waals surface area contributed by atoms with Gasteiger partial charge in [0, 0.05) is 31.6 Å². The molecule has 0 aliphatic heterocycles. The summed E-state index contributed by atoms with van der Waals surface area (Å²) in [5, 5.41) is 9.27. The summed E-state index contributed by atoms with van der Waals surface area (Å²) in [7, 11) is 3.38.